The monoisotopic (exact) mass is 397 g/mol. The van der Waals surface area contributed by atoms with Crippen LogP contribution in [0.5, 0.6) is 0 Å². The second-order valence-corrected chi connectivity index (χ2v) is 7.78. The van der Waals surface area contributed by atoms with Crippen LogP contribution in [0.2, 0.25) is 0 Å². The van der Waals surface area contributed by atoms with E-state index in [2.05, 4.69) is 21.7 Å². The molecule has 2 heterocycles. The second-order valence-electron chi connectivity index (χ2n) is 7.78. The minimum absolute atomic E-state index is 0.149. The summed E-state index contributed by atoms with van der Waals surface area (Å²) >= 11 is 0. The first-order valence-corrected chi connectivity index (χ1v) is 10.3. The predicted molar refractivity (Wildman–Crippen MR) is 116 cm³/mol. The molecule has 1 aromatic carbocycles. The topological polar surface area (TPSA) is 83.2 Å². The van der Waals surface area contributed by atoms with Gasteiger partial charge in [-0.1, -0.05) is 0 Å². The van der Waals surface area contributed by atoms with Crippen molar-refractivity contribution in [2.45, 2.75) is 53.0 Å². The van der Waals surface area contributed by atoms with Gasteiger partial charge in [0.2, 0.25) is 0 Å². The molecule has 1 fully saturated rings. The molecule has 0 bridgehead atoms. The summed E-state index contributed by atoms with van der Waals surface area (Å²) in [5, 5.41) is 6.33. The predicted octanol–water partition coefficient (Wildman–Crippen LogP) is 3.56. The van der Waals surface area contributed by atoms with Gasteiger partial charge in [-0.25, -0.2) is 0 Å². The van der Waals surface area contributed by atoms with E-state index in [9.17, 15) is 9.59 Å². The molecule has 1 aliphatic heterocycles. The average Bonchev–Trinajstić information content (AvgIpc) is 2.69. The van der Waals surface area contributed by atoms with Crippen LogP contribution < -0.4 is 16.2 Å². The molecule has 1 aromatic heterocycles. The van der Waals surface area contributed by atoms with Crippen molar-refractivity contribution in [2.75, 3.05) is 25.1 Å². The maximum absolute atomic E-state index is 13.0. The van der Waals surface area contributed by atoms with Crippen molar-refractivity contribution < 1.29 is 9.53 Å². The Bertz CT molecular complexity index is 943. The van der Waals surface area contributed by atoms with Crippen molar-refractivity contribution in [1.82, 2.24) is 10.3 Å². The molecule has 0 aliphatic carbocycles. The van der Waals surface area contributed by atoms with Gasteiger partial charge in [0.25, 0.3) is 11.5 Å². The maximum atomic E-state index is 13.0. The van der Waals surface area contributed by atoms with Crippen molar-refractivity contribution in [2.24, 2.45) is 0 Å². The molecule has 156 valence electrons. The van der Waals surface area contributed by atoms with Gasteiger partial charge in [0.05, 0.1) is 0 Å². The Labute approximate surface area is 172 Å². The molecule has 2 aromatic rings. The zero-order valence-corrected chi connectivity index (χ0v) is 17.8. The van der Waals surface area contributed by atoms with Crippen molar-refractivity contribution >= 4 is 11.6 Å². The lowest BCUT2D eigenvalue weighted by Crippen LogP contribution is -2.29. The SMILES string of the molecule is CCNc1cc(C2CCOCC2)cc(C(=O)NCc2c(C)cc(C)[nH]c2=O)c1C. The van der Waals surface area contributed by atoms with Crippen LogP contribution in [-0.2, 0) is 11.3 Å². The van der Waals surface area contributed by atoms with E-state index in [1.54, 1.807) is 0 Å². The summed E-state index contributed by atoms with van der Waals surface area (Å²) in [5.41, 5.74) is 5.89. The maximum Gasteiger partial charge on any atom is 0.253 e. The summed E-state index contributed by atoms with van der Waals surface area (Å²) in [6.45, 7) is 10.3. The highest BCUT2D eigenvalue weighted by Crippen LogP contribution is 2.32. The van der Waals surface area contributed by atoms with E-state index in [4.69, 9.17) is 4.74 Å². The lowest BCUT2D eigenvalue weighted by Gasteiger charge is -2.24. The van der Waals surface area contributed by atoms with E-state index in [0.717, 1.165) is 55.1 Å². The molecular formula is C23H31N3O3. The van der Waals surface area contributed by atoms with Crippen LogP contribution in [0.1, 0.15) is 64.0 Å². The lowest BCUT2D eigenvalue weighted by molar-refractivity contribution is 0.0853. The molecule has 1 aliphatic rings. The molecule has 6 heteroatoms. The Hall–Kier alpha value is -2.60. The number of H-pyrrole nitrogens is 1. The smallest absolute Gasteiger partial charge is 0.253 e. The number of pyridine rings is 1. The van der Waals surface area contributed by atoms with Crippen LogP contribution >= 0.6 is 0 Å². The number of hydrogen-bond acceptors (Lipinski definition) is 4. The summed E-state index contributed by atoms with van der Waals surface area (Å²) < 4.78 is 5.49. The Balaban J connectivity index is 1.87. The van der Waals surface area contributed by atoms with Gasteiger partial charge in [0.1, 0.15) is 0 Å². The zero-order chi connectivity index (χ0) is 21.0. The number of aromatic amines is 1. The average molecular weight is 398 g/mol. The fourth-order valence-electron chi connectivity index (χ4n) is 3.98. The Morgan fingerprint density at radius 3 is 2.55 bits per heavy atom. The van der Waals surface area contributed by atoms with Gasteiger partial charge in [-0.05, 0) is 81.3 Å². The third-order valence-electron chi connectivity index (χ3n) is 5.65. The molecule has 0 atom stereocenters. The minimum Gasteiger partial charge on any atom is -0.385 e. The Morgan fingerprint density at radius 1 is 1.17 bits per heavy atom. The minimum atomic E-state index is -0.157. The molecule has 0 radical (unpaired) electrons. The number of aryl methyl sites for hydroxylation is 2. The van der Waals surface area contributed by atoms with E-state index in [-0.39, 0.29) is 18.0 Å². The Morgan fingerprint density at radius 2 is 1.90 bits per heavy atom. The van der Waals surface area contributed by atoms with Gasteiger partial charge in [-0.3, -0.25) is 9.59 Å². The van der Waals surface area contributed by atoms with Gasteiger partial charge in [-0.15, -0.1) is 0 Å². The quantitative estimate of drug-likeness (QED) is 0.696. The van der Waals surface area contributed by atoms with Gasteiger partial charge in [0.15, 0.2) is 0 Å². The third kappa shape index (κ3) is 4.88. The summed E-state index contributed by atoms with van der Waals surface area (Å²) in [5.74, 6) is 0.241. The van der Waals surface area contributed by atoms with Crippen LogP contribution in [0.4, 0.5) is 5.69 Å². The second kappa shape index (κ2) is 9.27. The van der Waals surface area contributed by atoms with Gasteiger partial charge in [0, 0.05) is 48.8 Å². The zero-order valence-electron chi connectivity index (χ0n) is 17.8. The molecule has 0 spiro atoms. The summed E-state index contributed by atoms with van der Waals surface area (Å²) in [7, 11) is 0. The Kier molecular flexibility index (Phi) is 6.75. The molecule has 3 N–H and O–H groups in total. The van der Waals surface area contributed by atoms with E-state index in [0.29, 0.717) is 17.0 Å². The largest absolute Gasteiger partial charge is 0.385 e. The van der Waals surface area contributed by atoms with E-state index < -0.39 is 0 Å². The first kappa shape index (κ1) is 21.1. The normalized spacial score (nSPS) is 14.6. The summed E-state index contributed by atoms with van der Waals surface area (Å²) in [4.78, 5) is 28.1. The van der Waals surface area contributed by atoms with Gasteiger partial charge < -0.3 is 20.4 Å². The number of carbonyl (C=O) groups excluding carboxylic acids is 1. The van der Waals surface area contributed by atoms with Crippen LogP contribution in [0.3, 0.4) is 0 Å². The third-order valence-corrected chi connectivity index (χ3v) is 5.65. The molecule has 6 nitrogen and oxygen atoms in total. The molecule has 1 amide bonds. The molecule has 3 rings (SSSR count). The molecule has 0 unspecified atom stereocenters. The van der Waals surface area contributed by atoms with Gasteiger partial charge in [-0.2, -0.15) is 0 Å². The number of carbonyl (C=O) groups is 1. The number of anilines is 1. The van der Waals surface area contributed by atoms with E-state index in [1.807, 2.05) is 39.8 Å². The number of rotatable bonds is 6. The van der Waals surface area contributed by atoms with Crippen LogP contribution in [-0.4, -0.2) is 30.6 Å². The fourth-order valence-corrected chi connectivity index (χ4v) is 3.98. The number of benzene rings is 1. The number of hydrogen-bond donors (Lipinski definition) is 3. The van der Waals surface area contributed by atoms with Crippen LogP contribution in [0, 0.1) is 20.8 Å². The summed E-state index contributed by atoms with van der Waals surface area (Å²) in [6.07, 6.45) is 1.93. The molecule has 1 saturated heterocycles. The molecule has 0 saturated carbocycles. The number of nitrogens with one attached hydrogen (secondary N) is 3. The fraction of sp³-hybridized carbons (Fsp3) is 0.478. The van der Waals surface area contributed by atoms with Crippen molar-refractivity contribution in [1.29, 1.82) is 0 Å². The van der Waals surface area contributed by atoms with Crippen molar-refractivity contribution in [3.8, 4) is 0 Å². The summed E-state index contributed by atoms with van der Waals surface area (Å²) in [6, 6.07) is 6.09. The highest BCUT2D eigenvalue weighted by Gasteiger charge is 2.21. The standard InChI is InChI=1S/C23H31N3O3/c1-5-24-21-12-18(17-6-8-29-9-7-17)11-19(16(21)4)22(27)25-13-20-14(2)10-15(3)26-23(20)28/h10-12,17,24H,5-9,13H2,1-4H3,(H,25,27)(H,26,28). The first-order valence-electron chi connectivity index (χ1n) is 10.3. The first-order chi connectivity index (χ1) is 13.9. The van der Waals surface area contributed by atoms with E-state index >= 15 is 0 Å². The van der Waals surface area contributed by atoms with Gasteiger partial charge >= 0.3 is 0 Å². The van der Waals surface area contributed by atoms with Crippen molar-refractivity contribution in [3.63, 3.8) is 0 Å². The van der Waals surface area contributed by atoms with Crippen LogP contribution in [0.15, 0.2) is 23.0 Å². The number of amides is 1. The highest BCUT2D eigenvalue weighted by atomic mass is 16.5. The highest BCUT2D eigenvalue weighted by molar-refractivity contribution is 5.97. The molecular weight excluding hydrogens is 366 g/mol. The number of ether oxygens (including phenoxy) is 1. The number of aromatic nitrogens is 1. The molecule has 29 heavy (non-hydrogen) atoms. The van der Waals surface area contributed by atoms with Crippen molar-refractivity contribution in [3.05, 3.63) is 62.1 Å². The lowest BCUT2D eigenvalue weighted by atomic mass is 9.88. The van der Waals surface area contributed by atoms with Crippen LogP contribution in [0.25, 0.3) is 0 Å². The van der Waals surface area contributed by atoms with E-state index in [1.165, 1.54) is 5.56 Å².